The topological polar surface area (TPSA) is 29.5 Å². The first-order valence-electron chi connectivity index (χ1n) is 6.24. The molecule has 0 radical (unpaired) electrons. The van der Waals surface area contributed by atoms with Crippen molar-refractivity contribution in [2.75, 3.05) is 6.61 Å². The Hall–Kier alpha value is -1.80. The molecule has 0 saturated heterocycles. The van der Waals surface area contributed by atoms with Gasteiger partial charge in [-0.3, -0.25) is 0 Å². The van der Waals surface area contributed by atoms with Gasteiger partial charge in [0.05, 0.1) is 6.61 Å². The third-order valence-corrected chi connectivity index (χ3v) is 2.80. The van der Waals surface area contributed by atoms with E-state index < -0.39 is 0 Å². The van der Waals surface area contributed by atoms with Crippen molar-refractivity contribution in [3.8, 4) is 5.75 Å². The van der Waals surface area contributed by atoms with Gasteiger partial charge in [-0.2, -0.15) is 0 Å². The SMILES string of the molecule is Oc1ccc(COCCCc2ccccc2)cc1. The molecule has 0 fully saturated rings. The maximum Gasteiger partial charge on any atom is 0.115 e. The average Bonchev–Trinajstić information content (AvgIpc) is 2.42. The molecule has 2 nitrogen and oxygen atoms in total. The molecule has 0 saturated carbocycles. The van der Waals surface area contributed by atoms with Gasteiger partial charge in [-0.15, -0.1) is 0 Å². The lowest BCUT2D eigenvalue weighted by Crippen LogP contribution is -1.97. The zero-order chi connectivity index (χ0) is 12.6. The summed E-state index contributed by atoms with van der Waals surface area (Å²) in [7, 11) is 0. The zero-order valence-electron chi connectivity index (χ0n) is 10.4. The maximum atomic E-state index is 9.15. The van der Waals surface area contributed by atoms with E-state index in [1.807, 2.05) is 18.2 Å². The van der Waals surface area contributed by atoms with Gasteiger partial charge in [0.1, 0.15) is 5.75 Å². The Bertz CT molecular complexity index is 448. The Balaban J connectivity index is 1.63. The van der Waals surface area contributed by atoms with Crippen LogP contribution in [-0.2, 0) is 17.8 Å². The van der Waals surface area contributed by atoms with Crippen LogP contribution in [0.1, 0.15) is 17.5 Å². The highest BCUT2D eigenvalue weighted by molar-refractivity contribution is 5.25. The minimum absolute atomic E-state index is 0.294. The Labute approximate surface area is 108 Å². The highest BCUT2D eigenvalue weighted by atomic mass is 16.5. The Morgan fingerprint density at radius 3 is 2.28 bits per heavy atom. The zero-order valence-corrected chi connectivity index (χ0v) is 10.4. The molecule has 18 heavy (non-hydrogen) atoms. The molecule has 2 aromatic rings. The lowest BCUT2D eigenvalue weighted by atomic mass is 10.1. The number of phenolic OH excluding ortho intramolecular Hbond substituents is 1. The lowest BCUT2D eigenvalue weighted by molar-refractivity contribution is 0.118. The van der Waals surface area contributed by atoms with Gasteiger partial charge in [0.15, 0.2) is 0 Å². The molecular weight excluding hydrogens is 224 g/mol. The molecule has 0 bridgehead atoms. The highest BCUT2D eigenvalue weighted by Gasteiger charge is 1.95. The van der Waals surface area contributed by atoms with Crippen LogP contribution in [0.4, 0.5) is 0 Å². The predicted octanol–water partition coefficient (Wildman–Crippen LogP) is 3.54. The molecule has 2 aromatic carbocycles. The molecule has 2 rings (SSSR count). The van der Waals surface area contributed by atoms with Crippen molar-refractivity contribution < 1.29 is 9.84 Å². The highest BCUT2D eigenvalue weighted by Crippen LogP contribution is 2.10. The molecule has 2 heteroatoms. The molecule has 0 aliphatic rings. The van der Waals surface area contributed by atoms with Gasteiger partial charge in [0.2, 0.25) is 0 Å². The van der Waals surface area contributed by atoms with Crippen molar-refractivity contribution in [3.05, 3.63) is 65.7 Å². The summed E-state index contributed by atoms with van der Waals surface area (Å²) >= 11 is 0. The van der Waals surface area contributed by atoms with Crippen LogP contribution in [0.2, 0.25) is 0 Å². The summed E-state index contributed by atoms with van der Waals surface area (Å²) in [5.74, 6) is 0.294. The number of aromatic hydroxyl groups is 1. The summed E-state index contributed by atoms with van der Waals surface area (Å²) in [5, 5.41) is 9.15. The molecule has 0 heterocycles. The largest absolute Gasteiger partial charge is 0.508 e. The Kier molecular flexibility index (Phi) is 4.79. The van der Waals surface area contributed by atoms with Crippen LogP contribution < -0.4 is 0 Å². The van der Waals surface area contributed by atoms with Crippen LogP contribution in [0, 0.1) is 0 Å². The van der Waals surface area contributed by atoms with Crippen molar-refractivity contribution in [1.82, 2.24) is 0 Å². The summed E-state index contributed by atoms with van der Waals surface area (Å²) in [6.45, 7) is 1.37. The number of benzene rings is 2. The fraction of sp³-hybridized carbons (Fsp3) is 0.250. The van der Waals surface area contributed by atoms with Crippen molar-refractivity contribution in [2.24, 2.45) is 0 Å². The van der Waals surface area contributed by atoms with Crippen LogP contribution in [0.25, 0.3) is 0 Å². The molecule has 0 aliphatic heterocycles. The van der Waals surface area contributed by atoms with Gasteiger partial charge < -0.3 is 9.84 Å². The van der Waals surface area contributed by atoms with Crippen molar-refractivity contribution in [1.29, 1.82) is 0 Å². The fourth-order valence-corrected chi connectivity index (χ4v) is 1.81. The second-order valence-electron chi connectivity index (χ2n) is 4.31. The Morgan fingerprint density at radius 1 is 0.833 bits per heavy atom. The third kappa shape index (κ3) is 4.22. The molecule has 0 amide bonds. The van der Waals surface area contributed by atoms with Gasteiger partial charge in [-0.1, -0.05) is 42.5 Å². The van der Waals surface area contributed by atoms with Crippen molar-refractivity contribution in [3.63, 3.8) is 0 Å². The van der Waals surface area contributed by atoms with E-state index in [2.05, 4.69) is 24.3 Å². The Morgan fingerprint density at radius 2 is 1.56 bits per heavy atom. The van der Waals surface area contributed by atoms with E-state index in [1.54, 1.807) is 12.1 Å². The summed E-state index contributed by atoms with van der Waals surface area (Å²) in [5.41, 5.74) is 2.44. The molecule has 0 spiro atoms. The smallest absolute Gasteiger partial charge is 0.115 e. The van der Waals surface area contributed by atoms with Gasteiger partial charge in [0.25, 0.3) is 0 Å². The lowest BCUT2D eigenvalue weighted by Gasteiger charge is -2.05. The third-order valence-electron chi connectivity index (χ3n) is 2.80. The van der Waals surface area contributed by atoms with Crippen LogP contribution in [0.15, 0.2) is 54.6 Å². The number of hydrogen-bond acceptors (Lipinski definition) is 2. The molecule has 1 N–H and O–H groups in total. The second kappa shape index (κ2) is 6.82. The van der Waals surface area contributed by atoms with Crippen molar-refractivity contribution >= 4 is 0 Å². The standard InChI is InChI=1S/C16H18O2/c17-16-10-8-15(9-11-16)13-18-12-4-7-14-5-2-1-3-6-14/h1-3,5-6,8-11,17H,4,7,12-13H2. The van der Waals surface area contributed by atoms with E-state index in [0.717, 1.165) is 25.0 Å². The molecule has 94 valence electrons. The van der Waals surface area contributed by atoms with Gasteiger partial charge in [-0.25, -0.2) is 0 Å². The van der Waals surface area contributed by atoms with Crippen LogP contribution in [0.5, 0.6) is 5.75 Å². The molecule has 0 aromatic heterocycles. The van der Waals surface area contributed by atoms with Gasteiger partial charge >= 0.3 is 0 Å². The molecular formula is C16H18O2. The van der Waals surface area contributed by atoms with E-state index >= 15 is 0 Å². The second-order valence-corrected chi connectivity index (χ2v) is 4.31. The quantitative estimate of drug-likeness (QED) is 0.785. The monoisotopic (exact) mass is 242 g/mol. The molecule has 0 atom stereocenters. The first-order chi connectivity index (χ1) is 8.84. The predicted molar refractivity (Wildman–Crippen MR) is 72.5 cm³/mol. The summed E-state index contributed by atoms with van der Waals surface area (Å²) in [6.07, 6.45) is 2.08. The number of ether oxygens (including phenoxy) is 1. The normalized spacial score (nSPS) is 10.4. The maximum absolute atomic E-state index is 9.15. The van der Waals surface area contributed by atoms with Crippen LogP contribution in [-0.4, -0.2) is 11.7 Å². The van der Waals surface area contributed by atoms with Crippen LogP contribution >= 0.6 is 0 Å². The van der Waals surface area contributed by atoms with Gasteiger partial charge in [0, 0.05) is 6.61 Å². The minimum atomic E-state index is 0.294. The summed E-state index contributed by atoms with van der Waals surface area (Å²) in [6, 6.07) is 17.6. The van der Waals surface area contributed by atoms with Crippen LogP contribution in [0.3, 0.4) is 0 Å². The van der Waals surface area contributed by atoms with E-state index in [1.165, 1.54) is 5.56 Å². The first-order valence-corrected chi connectivity index (χ1v) is 6.24. The number of phenols is 1. The molecule has 0 unspecified atom stereocenters. The van der Waals surface area contributed by atoms with E-state index in [-0.39, 0.29) is 0 Å². The van der Waals surface area contributed by atoms with E-state index in [0.29, 0.717) is 12.4 Å². The van der Waals surface area contributed by atoms with Gasteiger partial charge in [-0.05, 0) is 36.1 Å². The van der Waals surface area contributed by atoms with E-state index in [9.17, 15) is 0 Å². The average molecular weight is 242 g/mol. The van der Waals surface area contributed by atoms with E-state index in [4.69, 9.17) is 9.84 Å². The number of aryl methyl sites for hydroxylation is 1. The summed E-state index contributed by atoms with van der Waals surface area (Å²) < 4.78 is 5.60. The number of rotatable bonds is 6. The first kappa shape index (κ1) is 12.7. The molecule has 0 aliphatic carbocycles. The summed E-state index contributed by atoms with van der Waals surface area (Å²) in [4.78, 5) is 0. The fourth-order valence-electron chi connectivity index (χ4n) is 1.81. The number of hydrogen-bond donors (Lipinski definition) is 1. The van der Waals surface area contributed by atoms with Crippen molar-refractivity contribution in [2.45, 2.75) is 19.4 Å². The minimum Gasteiger partial charge on any atom is -0.508 e.